The molecule has 1 aliphatic carbocycles. The second kappa shape index (κ2) is 6.55. The van der Waals surface area contributed by atoms with Crippen molar-refractivity contribution in [3.05, 3.63) is 21.9 Å². The number of aryl methyl sites for hydroxylation is 1. The highest BCUT2D eigenvalue weighted by atomic mass is 32.1. The second-order valence-electron chi connectivity index (χ2n) is 5.26. The molecule has 0 saturated heterocycles. The lowest BCUT2D eigenvalue weighted by Crippen LogP contribution is -2.32. The third-order valence-electron chi connectivity index (χ3n) is 3.51. The summed E-state index contributed by atoms with van der Waals surface area (Å²) in [5.41, 5.74) is 0. The lowest BCUT2D eigenvalue weighted by Gasteiger charge is -2.17. The van der Waals surface area contributed by atoms with Crippen molar-refractivity contribution in [2.75, 3.05) is 6.54 Å². The van der Waals surface area contributed by atoms with E-state index in [0.29, 0.717) is 6.04 Å². The van der Waals surface area contributed by atoms with E-state index >= 15 is 0 Å². The molecule has 0 amide bonds. The number of rotatable bonds is 8. The molecule has 1 unspecified atom stereocenters. The first-order valence-corrected chi connectivity index (χ1v) is 7.94. The summed E-state index contributed by atoms with van der Waals surface area (Å²) in [5.74, 6) is 1.02. The van der Waals surface area contributed by atoms with Gasteiger partial charge in [0.1, 0.15) is 0 Å². The van der Waals surface area contributed by atoms with Crippen LogP contribution in [0, 0.1) is 5.92 Å². The van der Waals surface area contributed by atoms with Crippen LogP contribution in [0.15, 0.2) is 12.1 Å². The smallest absolute Gasteiger partial charge is 0.0118 e. The Morgan fingerprint density at radius 1 is 1.29 bits per heavy atom. The van der Waals surface area contributed by atoms with Crippen LogP contribution in [0.2, 0.25) is 0 Å². The van der Waals surface area contributed by atoms with E-state index in [0.717, 1.165) is 5.92 Å². The van der Waals surface area contributed by atoms with E-state index in [4.69, 9.17) is 0 Å². The van der Waals surface area contributed by atoms with Gasteiger partial charge in [0, 0.05) is 15.8 Å². The molecule has 1 fully saturated rings. The van der Waals surface area contributed by atoms with Crippen molar-refractivity contribution in [3.8, 4) is 0 Å². The average Bonchev–Trinajstić information content (AvgIpc) is 3.03. The van der Waals surface area contributed by atoms with Crippen molar-refractivity contribution in [2.45, 2.75) is 58.4 Å². The first kappa shape index (κ1) is 13.1. The quantitative estimate of drug-likeness (QED) is 0.736. The van der Waals surface area contributed by atoms with Gasteiger partial charge in [-0.05, 0) is 50.3 Å². The van der Waals surface area contributed by atoms with Gasteiger partial charge < -0.3 is 5.32 Å². The summed E-state index contributed by atoms with van der Waals surface area (Å²) in [6.45, 7) is 5.66. The monoisotopic (exact) mass is 251 g/mol. The highest BCUT2D eigenvalue weighted by Crippen LogP contribution is 2.34. The van der Waals surface area contributed by atoms with E-state index < -0.39 is 0 Å². The summed E-state index contributed by atoms with van der Waals surface area (Å²) >= 11 is 2.00. The topological polar surface area (TPSA) is 12.0 Å². The van der Waals surface area contributed by atoms with Gasteiger partial charge in [0.15, 0.2) is 0 Å². The van der Waals surface area contributed by atoms with E-state index in [-0.39, 0.29) is 0 Å². The maximum Gasteiger partial charge on any atom is 0.0118 e. The largest absolute Gasteiger partial charge is 0.314 e. The number of hydrogen-bond acceptors (Lipinski definition) is 2. The Morgan fingerprint density at radius 2 is 2.06 bits per heavy atom. The molecular weight excluding hydrogens is 226 g/mol. The maximum absolute atomic E-state index is 3.72. The summed E-state index contributed by atoms with van der Waals surface area (Å²) in [6, 6.07) is 5.34. The zero-order valence-electron chi connectivity index (χ0n) is 11.2. The molecular formula is C15H25NS. The summed E-state index contributed by atoms with van der Waals surface area (Å²) in [6.07, 6.45) is 7.98. The maximum atomic E-state index is 3.72. The molecule has 1 atom stereocenters. The molecule has 2 heteroatoms. The predicted molar refractivity (Wildman–Crippen MR) is 76.8 cm³/mol. The fourth-order valence-electron chi connectivity index (χ4n) is 2.31. The molecule has 17 heavy (non-hydrogen) atoms. The Balaban J connectivity index is 1.85. The van der Waals surface area contributed by atoms with Gasteiger partial charge in [-0.3, -0.25) is 0 Å². The Hall–Kier alpha value is -0.340. The lowest BCUT2D eigenvalue weighted by atomic mass is 10.1. The van der Waals surface area contributed by atoms with Gasteiger partial charge in [-0.25, -0.2) is 0 Å². The Bertz CT molecular complexity index is 327. The molecule has 96 valence electrons. The lowest BCUT2D eigenvalue weighted by molar-refractivity contribution is 0.457. The third-order valence-corrected chi connectivity index (χ3v) is 4.76. The van der Waals surface area contributed by atoms with Crippen LogP contribution in [0.25, 0.3) is 0 Å². The molecule has 1 nitrogen and oxygen atoms in total. The van der Waals surface area contributed by atoms with Gasteiger partial charge in [0.2, 0.25) is 0 Å². The highest BCUT2D eigenvalue weighted by Gasteiger charge is 2.25. The summed E-state index contributed by atoms with van der Waals surface area (Å²) in [4.78, 5) is 3.09. The van der Waals surface area contributed by atoms with Gasteiger partial charge in [0.05, 0.1) is 0 Å². The van der Waals surface area contributed by atoms with E-state index in [1.54, 1.807) is 4.88 Å². The van der Waals surface area contributed by atoms with Crippen LogP contribution >= 0.6 is 11.3 Å². The normalized spacial score (nSPS) is 17.3. The van der Waals surface area contributed by atoms with Crippen LogP contribution in [-0.4, -0.2) is 12.6 Å². The second-order valence-corrected chi connectivity index (χ2v) is 6.51. The molecule has 0 spiro atoms. The Labute approximate surface area is 110 Å². The van der Waals surface area contributed by atoms with Crippen molar-refractivity contribution >= 4 is 11.3 Å². The van der Waals surface area contributed by atoms with Crippen molar-refractivity contribution in [2.24, 2.45) is 5.92 Å². The average molecular weight is 251 g/mol. The highest BCUT2D eigenvalue weighted by molar-refractivity contribution is 7.11. The molecule has 2 rings (SSSR count). The molecule has 1 aromatic rings. The zero-order chi connectivity index (χ0) is 12.1. The molecule has 0 aliphatic heterocycles. The Kier molecular flexibility index (Phi) is 5.05. The van der Waals surface area contributed by atoms with Crippen molar-refractivity contribution in [1.29, 1.82) is 0 Å². The van der Waals surface area contributed by atoms with Gasteiger partial charge >= 0.3 is 0 Å². The van der Waals surface area contributed by atoms with Crippen LogP contribution in [0.1, 0.15) is 49.3 Å². The summed E-state index contributed by atoms with van der Waals surface area (Å²) < 4.78 is 0. The minimum atomic E-state index is 0.714. The SMILES string of the molecule is CCCNC(Cc1ccc(CC)s1)CC1CC1. The number of nitrogens with one attached hydrogen (secondary N) is 1. The number of thiophene rings is 1. The van der Waals surface area contributed by atoms with Crippen molar-refractivity contribution < 1.29 is 0 Å². The molecule has 0 radical (unpaired) electrons. The van der Waals surface area contributed by atoms with Crippen LogP contribution in [0.5, 0.6) is 0 Å². The zero-order valence-corrected chi connectivity index (χ0v) is 12.0. The van der Waals surface area contributed by atoms with Crippen LogP contribution in [0.4, 0.5) is 0 Å². The van der Waals surface area contributed by atoms with Crippen molar-refractivity contribution in [1.82, 2.24) is 5.32 Å². The third kappa shape index (κ3) is 4.44. The van der Waals surface area contributed by atoms with Crippen molar-refractivity contribution in [3.63, 3.8) is 0 Å². The molecule has 1 aromatic heterocycles. The minimum absolute atomic E-state index is 0.714. The van der Waals surface area contributed by atoms with Crippen LogP contribution in [-0.2, 0) is 12.8 Å². The predicted octanol–water partition coefficient (Wildman–Crippen LogP) is 4.02. The van der Waals surface area contributed by atoms with E-state index in [1.807, 2.05) is 11.3 Å². The molecule has 1 saturated carbocycles. The standard InChI is InChI=1S/C15H25NS/c1-3-9-16-13(10-12-5-6-12)11-15-8-7-14(4-2)17-15/h7-8,12-13,16H,3-6,9-11H2,1-2H3. The number of hydrogen-bond donors (Lipinski definition) is 1. The summed E-state index contributed by atoms with van der Waals surface area (Å²) in [5, 5.41) is 3.72. The van der Waals surface area contributed by atoms with Crippen LogP contribution < -0.4 is 5.32 Å². The fraction of sp³-hybridized carbons (Fsp3) is 0.733. The molecule has 0 bridgehead atoms. The van der Waals surface area contributed by atoms with E-state index in [1.165, 1.54) is 49.9 Å². The molecule has 0 aromatic carbocycles. The van der Waals surface area contributed by atoms with Crippen LogP contribution in [0.3, 0.4) is 0 Å². The van der Waals surface area contributed by atoms with Gasteiger partial charge in [-0.15, -0.1) is 11.3 Å². The molecule has 1 heterocycles. The Morgan fingerprint density at radius 3 is 2.65 bits per heavy atom. The first-order valence-electron chi connectivity index (χ1n) is 7.12. The molecule has 1 N–H and O–H groups in total. The van der Waals surface area contributed by atoms with Gasteiger partial charge in [-0.2, -0.15) is 0 Å². The van der Waals surface area contributed by atoms with Gasteiger partial charge in [-0.1, -0.05) is 26.7 Å². The first-order chi connectivity index (χ1) is 8.31. The van der Waals surface area contributed by atoms with E-state index in [2.05, 4.69) is 31.3 Å². The molecule has 1 aliphatic rings. The van der Waals surface area contributed by atoms with E-state index in [9.17, 15) is 0 Å². The summed E-state index contributed by atoms with van der Waals surface area (Å²) in [7, 11) is 0. The van der Waals surface area contributed by atoms with Gasteiger partial charge in [0.25, 0.3) is 0 Å². The minimum Gasteiger partial charge on any atom is -0.314 e. The fourth-order valence-corrected chi connectivity index (χ4v) is 3.35.